The summed E-state index contributed by atoms with van der Waals surface area (Å²) in [5.74, 6) is 0.182. The zero-order valence-corrected chi connectivity index (χ0v) is 16.7. The van der Waals surface area contributed by atoms with Gasteiger partial charge in [-0.05, 0) is 43.5 Å². The number of aryl methyl sites for hydroxylation is 1. The van der Waals surface area contributed by atoms with E-state index in [4.69, 9.17) is 16.0 Å². The van der Waals surface area contributed by atoms with Crippen LogP contribution in [-0.4, -0.2) is 20.9 Å². The number of amides is 1. The Hall–Kier alpha value is -3.32. The van der Waals surface area contributed by atoms with Gasteiger partial charge in [0.15, 0.2) is 17.3 Å². The molecule has 0 atom stereocenters. The molecule has 0 bridgehead atoms. The lowest BCUT2D eigenvalue weighted by Gasteiger charge is -2.08. The van der Waals surface area contributed by atoms with Crippen molar-refractivity contribution in [1.29, 1.82) is 0 Å². The number of rotatable bonds is 4. The average Bonchev–Trinajstić information content (AvgIpc) is 3.48. The van der Waals surface area contributed by atoms with Crippen LogP contribution in [0.25, 0.3) is 22.4 Å². The number of nitrogens with one attached hydrogen (secondary N) is 1. The maximum Gasteiger partial charge on any atom is 0.260 e. The lowest BCUT2D eigenvalue weighted by Crippen LogP contribution is -2.16. The predicted octanol–water partition coefficient (Wildman–Crippen LogP) is 5.52. The molecule has 30 heavy (non-hydrogen) atoms. The highest BCUT2D eigenvalue weighted by atomic mass is 35.5. The molecule has 1 amide bonds. The van der Waals surface area contributed by atoms with E-state index in [9.17, 15) is 9.18 Å². The molecule has 0 aliphatic heterocycles. The molecule has 4 aromatic rings. The second-order valence-electron chi connectivity index (χ2n) is 7.30. The molecule has 6 nitrogen and oxygen atoms in total. The number of hydrogen-bond donors (Lipinski definition) is 1. The van der Waals surface area contributed by atoms with E-state index in [-0.39, 0.29) is 11.4 Å². The van der Waals surface area contributed by atoms with Crippen LogP contribution in [0.5, 0.6) is 0 Å². The summed E-state index contributed by atoms with van der Waals surface area (Å²) in [6, 6.07) is 8.01. The molecule has 0 radical (unpaired) electrons. The first kappa shape index (κ1) is 18.7. The summed E-state index contributed by atoms with van der Waals surface area (Å²) in [5.41, 5.74) is 3.04. The molecule has 1 aliphatic carbocycles. The largest absolute Gasteiger partial charge is 0.440 e. The Morgan fingerprint density at radius 1 is 1.23 bits per heavy atom. The van der Waals surface area contributed by atoms with Crippen LogP contribution in [0.15, 0.2) is 47.1 Å². The Kier molecular flexibility index (Phi) is 4.47. The zero-order chi connectivity index (χ0) is 20.8. The molecular weight excluding hydrogens is 407 g/mol. The van der Waals surface area contributed by atoms with E-state index in [1.165, 1.54) is 18.5 Å². The van der Waals surface area contributed by atoms with Gasteiger partial charge in [0.25, 0.3) is 5.91 Å². The molecule has 2 aromatic heterocycles. The van der Waals surface area contributed by atoms with Crippen molar-refractivity contribution in [2.75, 3.05) is 5.32 Å². The van der Waals surface area contributed by atoms with Crippen LogP contribution in [0.4, 0.5) is 10.2 Å². The highest BCUT2D eigenvalue weighted by molar-refractivity contribution is 6.34. The van der Waals surface area contributed by atoms with Gasteiger partial charge in [-0.2, -0.15) is 0 Å². The number of carbonyl (C=O) groups is 1. The summed E-state index contributed by atoms with van der Waals surface area (Å²) >= 11 is 6.42. The summed E-state index contributed by atoms with van der Waals surface area (Å²) in [6.45, 7) is 1.67. The van der Waals surface area contributed by atoms with Gasteiger partial charge in [0.2, 0.25) is 0 Å². The predicted molar refractivity (Wildman–Crippen MR) is 111 cm³/mol. The normalized spacial score (nSPS) is 13.6. The minimum absolute atomic E-state index is 0.0198. The lowest BCUT2D eigenvalue weighted by molar-refractivity contribution is 0.102. The molecule has 1 aliphatic rings. The molecule has 2 heterocycles. The molecule has 0 spiro atoms. The highest BCUT2D eigenvalue weighted by Gasteiger charge is 2.29. The molecule has 1 fully saturated rings. The van der Waals surface area contributed by atoms with Gasteiger partial charge in [0.1, 0.15) is 11.3 Å². The van der Waals surface area contributed by atoms with Crippen molar-refractivity contribution in [3.8, 4) is 11.3 Å². The van der Waals surface area contributed by atoms with Crippen LogP contribution in [0.2, 0.25) is 5.02 Å². The van der Waals surface area contributed by atoms with Gasteiger partial charge in [-0.15, -0.1) is 0 Å². The molecule has 1 saturated carbocycles. The number of anilines is 1. The van der Waals surface area contributed by atoms with Crippen LogP contribution in [0.3, 0.4) is 0 Å². The molecule has 5 rings (SSSR count). The van der Waals surface area contributed by atoms with Crippen molar-refractivity contribution >= 4 is 34.4 Å². The summed E-state index contributed by atoms with van der Waals surface area (Å²) in [5, 5.41) is 3.05. The van der Waals surface area contributed by atoms with Crippen molar-refractivity contribution < 1.29 is 13.6 Å². The van der Waals surface area contributed by atoms with Gasteiger partial charge in [0, 0.05) is 11.5 Å². The summed E-state index contributed by atoms with van der Waals surface area (Å²) in [7, 11) is 0. The second-order valence-corrected chi connectivity index (χ2v) is 7.71. The molecule has 0 saturated heterocycles. The Morgan fingerprint density at radius 2 is 2.07 bits per heavy atom. The van der Waals surface area contributed by atoms with Crippen LogP contribution >= 0.6 is 11.6 Å². The second kappa shape index (κ2) is 7.18. The maximum absolute atomic E-state index is 14.0. The molecule has 150 valence electrons. The molecule has 0 unspecified atom stereocenters. The molecular formula is C22H16ClFN4O2. The topological polar surface area (TPSA) is 80.9 Å². The lowest BCUT2D eigenvalue weighted by atomic mass is 10.1. The van der Waals surface area contributed by atoms with E-state index in [1.807, 2.05) is 0 Å². The van der Waals surface area contributed by atoms with E-state index in [2.05, 4.69) is 20.3 Å². The molecule has 2 aromatic carbocycles. The quantitative estimate of drug-likeness (QED) is 0.468. The SMILES string of the molecule is Cc1cccc(F)c1C(=O)Nc1cnc(-c2cc3oc(C4CC4)nc3cc2Cl)cn1. The van der Waals surface area contributed by atoms with Crippen molar-refractivity contribution in [1.82, 2.24) is 15.0 Å². The highest BCUT2D eigenvalue weighted by Crippen LogP contribution is 2.41. The van der Waals surface area contributed by atoms with E-state index in [0.717, 1.165) is 18.7 Å². The van der Waals surface area contributed by atoms with Crippen molar-refractivity contribution in [2.24, 2.45) is 0 Å². The Bertz CT molecular complexity index is 1260. The van der Waals surface area contributed by atoms with Gasteiger partial charge in [-0.3, -0.25) is 9.78 Å². The number of hydrogen-bond acceptors (Lipinski definition) is 5. The smallest absolute Gasteiger partial charge is 0.260 e. The van der Waals surface area contributed by atoms with Crippen LogP contribution < -0.4 is 5.32 Å². The van der Waals surface area contributed by atoms with Crippen molar-refractivity contribution in [3.63, 3.8) is 0 Å². The number of aromatic nitrogens is 3. The Balaban J connectivity index is 1.41. The molecule has 1 N–H and O–H groups in total. The Labute approximate surface area is 176 Å². The summed E-state index contributed by atoms with van der Waals surface area (Å²) < 4.78 is 19.8. The van der Waals surface area contributed by atoms with E-state index in [1.54, 1.807) is 31.2 Å². The fourth-order valence-corrected chi connectivity index (χ4v) is 3.55. The maximum atomic E-state index is 14.0. The molecule has 8 heteroatoms. The summed E-state index contributed by atoms with van der Waals surface area (Å²) in [6.07, 6.45) is 5.09. The minimum Gasteiger partial charge on any atom is -0.440 e. The number of halogens is 2. The standard InChI is InChI=1S/C22H16ClFN4O2/c1-11-3-2-4-15(24)20(11)21(29)28-19-10-25-17(9-26-19)13-7-18-16(8-14(13)23)27-22(30-18)12-5-6-12/h2-4,7-10,12H,5-6H2,1H3,(H,26,28,29). The van der Waals surface area contributed by atoms with E-state index in [0.29, 0.717) is 38.9 Å². The first-order valence-electron chi connectivity index (χ1n) is 9.48. The van der Waals surface area contributed by atoms with Crippen LogP contribution in [0, 0.1) is 12.7 Å². The summed E-state index contributed by atoms with van der Waals surface area (Å²) in [4.78, 5) is 25.5. The van der Waals surface area contributed by atoms with Crippen LogP contribution in [-0.2, 0) is 0 Å². The van der Waals surface area contributed by atoms with E-state index < -0.39 is 11.7 Å². The number of carbonyl (C=O) groups excluding carboxylic acids is 1. The third-order valence-corrected chi connectivity index (χ3v) is 5.35. The monoisotopic (exact) mass is 422 g/mol. The van der Waals surface area contributed by atoms with Crippen molar-refractivity contribution in [2.45, 2.75) is 25.7 Å². The van der Waals surface area contributed by atoms with Gasteiger partial charge < -0.3 is 9.73 Å². The van der Waals surface area contributed by atoms with Gasteiger partial charge in [-0.1, -0.05) is 23.7 Å². The third kappa shape index (κ3) is 3.41. The van der Waals surface area contributed by atoms with Crippen molar-refractivity contribution in [3.05, 3.63) is 70.6 Å². The number of benzene rings is 2. The van der Waals surface area contributed by atoms with Gasteiger partial charge in [-0.25, -0.2) is 14.4 Å². The average molecular weight is 423 g/mol. The first-order chi connectivity index (χ1) is 14.5. The fourth-order valence-electron chi connectivity index (χ4n) is 3.30. The van der Waals surface area contributed by atoms with Gasteiger partial charge in [0.05, 0.1) is 28.7 Å². The Morgan fingerprint density at radius 3 is 2.77 bits per heavy atom. The number of nitrogens with zero attached hydrogens (tertiary/aromatic N) is 3. The minimum atomic E-state index is -0.588. The first-order valence-corrected chi connectivity index (χ1v) is 9.86. The van der Waals surface area contributed by atoms with Crippen LogP contribution in [0.1, 0.15) is 40.6 Å². The zero-order valence-electron chi connectivity index (χ0n) is 15.9. The fraction of sp³-hybridized carbons (Fsp3) is 0.182. The van der Waals surface area contributed by atoms with Gasteiger partial charge >= 0.3 is 0 Å². The number of oxazole rings is 1. The third-order valence-electron chi connectivity index (χ3n) is 5.04. The van der Waals surface area contributed by atoms with E-state index >= 15 is 0 Å². The number of fused-ring (bicyclic) bond motifs is 1.